The normalized spacial score (nSPS) is 15.7. The van der Waals surface area contributed by atoms with E-state index < -0.39 is 20.9 Å². The van der Waals surface area contributed by atoms with E-state index in [9.17, 15) is 23.3 Å². The second-order valence-electron chi connectivity index (χ2n) is 6.25. The lowest BCUT2D eigenvalue weighted by Gasteiger charge is -2.34. The van der Waals surface area contributed by atoms with Crippen LogP contribution in [0.25, 0.3) is 0 Å². The summed E-state index contributed by atoms with van der Waals surface area (Å²) >= 11 is 1.43. The molecule has 1 fully saturated rings. The molecule has 0 bridgehead atoms. The number of amides is 1. The molecule has 10 heteroatoms. The Morgan fingerprint density at radius 1 is 1.15 bits per heavy atom. The van der Waals surface area contributed by atoms with Gasteiger partial charge in [0.05, 0.1) is 9.82 Å². The molecule has 0 N–H and O–H groups in total. The lowest BCUT2D eigenvalue weighted by atomic mass is 10.1. The number of nitro benzene ring substituents is 1. The van der Waals surface area contributed by atoms with Crippen LogP contribution >= 0.6 is 11.3 Å². The van der Waals surface area contributed by atoms with E-state index in [1.807, 2.05) is 6.92 Å². The zero-order valence-electron chi connectivity index (χ0n) is 14.9. The van der Waals surface area contributed by atoms with Crippen LogP contribution in [0, 0.1) is 24.0 Å². The Labute approximate surface area is 161 Å². The number of para-hydroxylation sites is 1. The number of hydrogen-bond donors (Lipinski definition) is 0. The van der Waals surface area contributed by atoms with Gasteiger partial charge in [-0.1, -0.05) is 12.1 Å². The summed E-state index contributed by atoms with van der Waals surface area (Å²) in [6, 6.07) is 7.45. The summed E-state index contributed by atoms with van der Waals surface area (Å²) in [5.74, 6) is -0.457. The molecule has 1 aromatic heterocycles. The standard InChI is InChI=1S/C17H19N3O5S2/c1-12-11-16(13(2)26-12)27(24,25)19-9-7-18(8-10-19)17(21)14-5-3-4-6-15(14)20(22)23/h3-6,11H,7-10H2,1-2H3. The van der Waals surface area contributed by atoms with E-state index in [1.54, 1.807) is 19.1 Å². The fraction of sp³-hybridized carbons (Fsp3) is 0.353. The van der Waals surface area contributed by atoms with Crippen molar-refractivity contribution in [2.24, 2.45) is 0 Å². The van der Waals surface area contributed by atoms with Gasteiger partial charge in [-0.3, -0.25) is 14.9 Å². The van der Waals surface area contributed by atoms with Gasteiger partial charge in [-0.25, -0.2) is 8.42 Å². The summed E-state index contributed by atoms with van der Waals surface area (Å²) in [6.45, 7) is 4.32. The number of hydrogen-bond acceptors (Lipinski definition) is 6. The Morgan fingerprint density at radius 2 is 1.78 bits per heavy atom. The number of carbonyl (C=O) groups excluding carboxylic acids is 1. The number of thiophene rings is 1. The summed E-state index contributed by atoms with van der Waals surface area (Å²) in [5, 5.41) is 11.1. The van der Waals surface area contributed by atoms with E-state index >= 15 is 0 Å². The van der Waals surface area contributed by atoms with E-state index in [0.717, 1.165) is 9.75 Å². The van der Waals surface area contributed by atoms with Gasteiger partial charge in [-0.2, -0.15) is 4.31 Å². The van der Waals surface area contributed by atoms with Gasteiger partial charge in [0.25, 0.3) is 11.6 Å². The molecule has 0 atom stereocenters. The third-order valence-corrected chi connectivity index (χ3v) is 7.59. The minimum Gasteiger partial charge on any atom is -0.336 e. The third-order valence-electron chi connectivity index (χ3n) is 4.47. The number of nitrogens with zero attached hydrogens (tertiary/aromatic N) is 3. The Kier molecular flexibility index (Phi) is 5.31. The monoisotopic (exact) mass is 409 g/mol. The molecule has 144 valence electrons. The maximum absolute atomic E-state index is 12.9. The van der Waals surface area contributed by atoms with E-state index in [2.05, 4.69) is 0 Å². The lowest BCUT2D eigenvalue weighted by Crippen LogP contribution is -2.50. The molecule has 27 heavy (non-hydrogen) atoms. The SMILES string of the molecule is Cc1cc(S(=O)(=O)N2CCN(C(=O)c3ccccc3[N+](=O)[O-])CC2)c(C)s1. The predicted molar refractivity (Wildman–Crippen MR) is 102 cm³/mol. The highest BCUT2D eigenvalue weighted by atomic mass is 32.2. The second kappa shape index (κ2) is 7.37. The minimum absolute atomic E-state index is 0.0168. The van der Waals surface area contributed by atoms with E-state index in [4.69, 9.17) is 0 Å². The van der Waals surface area contributed by atoms with Gasteiger partial charge in [-0.15, -0.1) is 11.3 Å². The topological polar surface area (TPSA) is 101 Å². The van der Waals surface area contributed by atoms with Crippen LogP contribution in [0.15, 0.2) is 35.2 Å². The highest BCUT2D eigenvalue weighted by Gasteiger charge is 2.33. The van der Waals surface area contributed by atoms with Crippen molar-refractivity contribution >= 4 is 33.0 Å². The van der Waals surface area contributed by atoms with Crippen molar-refractivity contribution in [3.05, 3.63) is 55.8 Å². The molecule has 0 spiro atoms. The molecule has 2 heterocycles. The molecule has 1 aromatic carbocycles. The van der Waals surface area contributed by atoms with Crippen molar-refractivity contribution in [2.45, 2.75) is 18.7 Å². The fourth-order valence-electron chi connectivity index (χ4n) is 3.12. The first-order chi connectivity index (χ1) is 12.7. The van der Waals surface area contributed by atoms with Crippen LogP contribution in [0.5, 0.6) is 0 Å². The molecule has 1 amide bonds. The van der Waals surface area contributed by atoms with Crippen LogP contribution in [0.1, 0.15) is 20.1 Å². The number of sulfonamides is 1. The summed E-state index contributed by atoms with van der Waals surface area (Å²) in [4.78, 5) is 26.6. The average molecular weight is 409 g/mol. The molecule has 2 aromatic rings. The quantitative estimate of drug-likeness (QED) is 0.570. The van der Waals surface area contributed by atoms with Gasteiger partial charge >= 0.3 is 0 Å². The van der Waals surface area contributed by atoms with Crippen LogP contribution in [0.4, 0.5) is 5.69 Å². The highest BCUT2D eigenvalue weighted by Crippen LogP contribution is 2.28. The third kappa shape index (κ3) is 3.73. The van der Waals surface area contributed by atoms with Crippen molar-refractivity contribution in [1.82, 2.24) is 9.21 Å². The van der Waals surface area contributed by atoms with Crippen LogP contribution in [-0.2, 0) is 10.0 Å². The van der Waals surface area contributed by atoms with Crippen LogP contribution in [0.2, 0.25) is 0 Å². The Balaban J connectivity index is 1.75. The van der Waals surface area contributed by atoms with Gasteiger partial charge in [-0.05, 0) is 26.0 Å². The average Bonchev–Trinajstić information content (AvgIpc) is 3.00. The second-order valence-corrected chi connectivity index (χ2v) is 9.61. The summed E-state index contributed by atoms with van der Waals surface area (Å²) in [7, 11) is -3.61. The van der Waals surface area contributed by atoms with E-state index in [0.29, 0.717) is 4.90 Å². The van der Waals surface area contributed by atoms with Gasteiger partial charge in [0.15, 0.2) is 0 Å². The first-order valence-corrected chi connectivity index (χ1v) is 10.6. The minimum atomic E-state index is -3.61. The van der Waals surface area contributed by atoms with Crippen molar-refractivity contribution in [1.29, 1.82) is 0 Å². The first kappa shape index (κ1) is 19.5. The lowest BCUT2D eigenvalue weighted by molar-refractivity contribution is -0.385. The molecule has 1 aliphatic rings. The Hall–Kier alpha value is -2.30. The van der Waals surface area contributed by atoms with Crippen LogP contribution < -0.4 is 0 Å². The molecule has 0 radical (unpaired) electrons. The number of piperazine rings is 1. The molecule has 1 aliphatic heterocycles. The highest BCUT2D eigenvalue weighted by molar-refractivity contribution is 7.89. The van der Waals surface area contributed by atoms with Gasteiger partial charge in [0.1, 0.15) is 5.56 Å². The van der Waals surface area contributed by atoms with Crippen LogP contribution in [-0.4, -0.2) is 54.6 Å². The van der Waals surface area contributed by atoms with Crippen molar-refractivity contribution in [3.63, 3.8) is 0 Å². The maximum Gasteiger partial charge on any atom is 0.282 e. The van der Waals surface area contributed by atoms with E-state index in [-0.39, 0.29) is 37.4 Å². The molecular weight excluding hydrogens is 390 g/mol. The number of carbonyl (C=O) groups is 1. The molecular formula is C17H19N3O5S2. The maximum atomic E-state index is 12.9. The van der Waals surface area contributed by atoms with Crippen molar-refractivity contribution < 1.29 is 18.1 Å². The molecule has 0 unspecified atom stereocenters. The Bertz CT molecular complexity index is 992. The van der Waals surface area contributed by atoms with Crippen LogP contribution in [0.3, 0.4) is 0 Å². The first-order valence-electron chi connectivity index (χ1n) is 8.31. The molecule has 8 nitrogen and oxygen atoms in total. The predicted octanol–water partition coefficient (Wildman–Crippen LogP) is 2.42. The number of aryl methyl sites for hydroxylation is 2. The number of rotatable bonds is 4. The molecule has 3 rings (SSSR count). The summed E-state index contributed by atoms with van der Waals surface area (Å²) in [5.41, 5.74) is -0.231. The molecule has 0 saturated carbocycles. The number of benzene rings is 1. The zero-order chi connectivity index (χ0) is 19.8. The largest absolute Gasteiger partial charge is 0.336 e. The number of nitro groups is 1. The van der Waals surface area contributed by atoms with Crippen molar-refractivity contribution in [3.8, 4) is 0 Å². The van der Waals surface area contributed by atoms with Gasteiger partial charge < -0.3 is 4.90 Å². The van der Waals surface area contributed by atoms with Crippen molar-refractivity contribution in [2.75, 3.05) is 26.2 Å². The summed E-state index contributed by atoms with van der Waals surface area (Å²) in [6.07, 6.45) is 0. The summed E-state index contributed by atoms with van der Waals surface area (Å²) < 4.78 is 27.1. The van der Waals surface area contributed by atoms with Gasteiger partial charge in [0.2, 0.25) is 10.0 Å². The van der Waals surface area contributed by atoms with E-state index in [1.165, 1.54) is 38.7 Å². The smallest absolute Gasteiger partial charge is 0.282 e. The van der Waals surface area contributed by atoms with Gasteiger partial charge in [0, 0.05) is 42.0 Å². The molecule has 0 aliphatic carbocycles. The molecule has 1 saturated heterocycles. The Morgan fingerprint density at radius 3 is 2.33 bits per heavy atom. The zero-order valence-corrected chi connectivity index (χ0v) is 16.5. The fourth-order valence-corrected chi connectivity index (χ4v) is 6.06.